The molecule has 0 saturated heterocycles. The lowest BCUT2D eigenvalue weighted by atomic mass is 10.2. The van der Waals surface area contributed by atoms with Crippen LogP contribution in [0.2, 0.25) is 0 Å². The molecule has 0 aliphatic carbocycles. The zero-order chi connectivity index (χ0) is 16.1. The SMILES string of the molecule is O=C(/C=C/c1cccc(F)c1)Oc1cc(F)ccc1[N+](=O)[O-]. The van der Waals surface area contributed by atoms with Crippen molar-refractivity contribution >= 4 is 17.7 Å². The summed E-state index contributed by atoms with van der Waals surface area (Å²) in [6.45, 7) is 0. The highest BCUT2D eigenvalue weighted by Crippen LogP contribution is 2.27. The summed E-state index contributed by atoms with van der Waals surface area (Å²) in [5.41, 5.74) is -0.125. The Morgan fingerprint density at radius 2 is 1.86 bits per heavy atom. The molecule has 7 heteroatoms. The number of ether oxygens (including phenoxy) is 1. The number of hydrogen-bond acceptors (Lipinski definition) is 4. The van der Waals surface area contributed by atoms with Gasteiger partial charge in [0.2, 0.25) is 5.75 Å². The number of benzene rings is 2. The van der Waals surface area contributed by atoms with E-state index in [1.165, 1.54) is 24.3 Å². The lowest BCUT2D eigenvalue weighted by Crippen LogP contribution is -2.06. The van der Waals surface area contributed by atoms with Crippen molar-refractivity contribution in [3.63, 3.8) is 0 Å². The Kier molecular flexibility index (Phi) is 4.57. The first-order valence-corrected chi connectivity index (χ1v) is 6.05. The van der Waals surface area contributed by atoms with Crippen LogP contribution in [0.1, 0.15) is 5.56 Å². The van der Waals surface area contributed by atoms with Gasteiger partial charge in [0.25, 0.3) is 0 Å². The highest BCUT2D eigenvalue weighted by Gasteiger charge is 2.17. The van der Waals surface area contributed by atoms with E-state index >= 15 is 0 Å². The van der Waals surface area contributed by atoms with E-state index in [-0.39, 0.29) is 0 Å². The van der Waals surface area contributed by atoms with Crippen molar-refractivity contribution in [2.24, 2.45) is 0 Å². The average molecular weight is 305 g/mol. The van der Waals surface area contributed by atoms with Crippen LogP contribution in [-0.4, -0.2) is 10.9 Å². The quantitative estimate of drug-likeness (QED) is 0.285. The van der Waals surface area contributed by atoms with E-state index in [0.29, 0.717) is 5.56 Å². The van der Waals surface area contributed by atoms with Gasteiger partial charge in [0.1, 0.15) is 11.6 Å². The summed E-state index contributed by atoms with van der Waals surface area (Å²) in [6.07, 6.45) is 2.24. The van der Waals surface area contributed by atoms with Crippen molar-refractivity contribution in [2.45, 2.75) is 0 Å². The predicted octanol–water partition coefficient (Wildman–Crippen LogP) is 3.49. The first kappa shape index (κ1) is 15.3. The molecule has 0 fully saturated rings. The number of nitrogens with zero attached hydrogens (tertiary/aromatic N) is 1. The number of carbonyl (C=O) groups is 1. The summed E-state index contributed by atoms with van der Waals surface area (Å²) in [7, 11) is 0. The summed E-state index contributed by atoms with van der Waals surface area (Å²) in [5.74, 6) is -2.70. The van der Waals surface area contributed by atoms with Crippen LogP contribution in [0.3, 0.4) is 0 Å². The first-order chi connectivity index (χ1) is 10.5. The van der Waals surface area contributed by atoms with Gasteiger partial charge >= 0.3 is 11.7 Å². The molecule has 0 unspecified atom stereocenters. The molecule has 0 heterocycles. The van der Waals surface area contributed by atoms with Crippen molar-refractivity contribution in [1.82, 2.24) is 0 Å². The van der Waals surface area contributed by atoms with Crippen molar-refractivity contribution < 1.29 is 23.2 Å². The van der Waals surface area contributed by atoms with Crippen LogP contribution in [0.25, 0.3) is 6.08 Å². The van der Waals surface area contributed by atoms with Gasteiger partial charge in [-0.05, 0) is 29.8 Å². The van der Waals surface area contributed by atoms with Gasteiger partial charge in [-0.15, -0.1) is 0 Å². The number of rotatable bonds is 4. The van der Waals surface area contributed by atoms with Crippen molar-refractivity contribution in [3.05, 3.63) is 75.9 Å². The van der Waals surface area contributed by atoms with E-state index in [4.69, 9.17) is 4.74 Å². The monoisotopic (exact) mass is 305 g/mol. The average Bonchev–Trinajstić information content (AvgIpc) is 2.45. The smallest absolute Gasteiger partial charge is 0.336 e. The molecule has 0 saturated carbocycles. The molecule has 0 aromatic heterocycles. The molecule has 5 nitrogen and oxygen atoms in total. The first-order valence-electron chi connectivity index (χ1n) is 6.05. The third kappa shape index (κ3) is 3.95. The van der Waals surface area contributed by atoms with Crippen molar-refractivity contribution in [1.29, 1.82) is 0 Å². The molecule has 0 amide bonds. The van der Waals surface area contributed by atoms with Crippen LogP contribution in [-0.2, 0) is 4.79 Å². The molecule has 0 N–H and O–H groups in total. The van der Waals surface area contributed by atoms with Gasteiger partial charge in [-0.3, -0.25) is 10.1 Å². The maximum Gasteiger partial charge on any atom is 0.336 e. The van der Waals surface area contributed by atoms with Gasteiger partial charge in [0.05, 0.1) is 4.92 Å². The fourth-order valence-corrected chi connectivity index (χ4v) is 1.64. The van der Waals surface area contributed by atoms with Crippen LogP contribution < -0.4 is 4.74 Å². The third-order valence-electron chi connectivity index (χ3n) is 2.59. The normalized spacial score (nSPS) is 10.6. The van der Waals surface area contributed by atoms with Gasteiger partial charge < -0.3 is 4.74 Å². The molecule has 0 aliphatic rings. The molecule has 2 rings (SSSR count). The fraction of sp³-hybridized carbons (Fsp3) is 0. The summed E-state index contributed by atoms with van der Waals surface area (Å²) >= 11 is 0. The molecule has 0 radical (unpaired) electrons. The zero-order valence-corrected chi connectivity index (χ0v) is 11.0. The summed E-state index contributed by atoms with van der Waals surface area (Å²) in [4.78, 5) is 21.6. The van der Waals surface area contributed by atoms with Crippen LogP contribution in [0.15, 0.2) is 48.5 Å². The van der Waals surface area contributed by atoms with Gasteiger partial charge in [0.15, 0.2) is 0 Å². The number of carbonyl (C=O) groups excluding carboxylic acids is 1. The molecular weight excluding hydrogens is 296 g/mol. The minimum atomic E-state index is -0.946. The third-order valence-corrected chi connectivity index (χ3v) is 2.59. The second-order valence-corrected chi connectivity index (χ2v) is 4.18. The Morgan fingerprint density at radius 3 is 2.55 bits per heavy atom. The Labute approximate surface area is 123 Å². The minimum absolute atomic E-state index is 0.408. The minimum Gasteiger partial charge on any atom is -0.416 e. The Morgan fingerprint density at radius 1 is 1.14 bits per heavy atom. The second-order valence-electron chi connectivity index (χ2n) is 4.18. The maximum absolute atomic E-state index is 13.1. The number of nitro benzene ring substituents is 1. The van der Waals surface area contributed by atoms with Gasteiger partial charge in [-0.1, -0.05) is 12.1 Å². The molecule has 2 aromatic carbocycles. The van der Waals surface area contributed by atoms with E-state index in [1.807, 2.05) is 0 Å². The largest absolute Gasteiger partial charge is 0.416 e. The fourth-order valence-electron chi connectivity index (χ4n) is 1.64. The molecule has 22 heavy (non-hydrogen) atoms. The topological polar surface area (TPSA) is 69.4 Å². The molecule has 112 valence electrons. The van der Waals surface area contributed by atoms with Gasteiger partial charge in [-0.2, -0.15) is 0 Å². The highest BCUT2D eigenvalue weighted by molar-refractivity contribution is 5.89. The molecule has 2 aromatic rings. The highest BCUT2D eigenvalue weighted by atomic mass is 19.1. The lowest BCUT2D eigenvalue weighted by Gasteiger charge is -2.02. The number of esters is 1. The second kappa shape index (κ2) is 6.57. The number of hydrogen-bond donors (Lipinski definition) is 0. The Balaban J connectivity index is 2.15. The van der Waals surface area contributed by atoms with E-state index in [2.05, 4.69) is 0 Å². The molecule has 0 bridgehead atoms. The molecular formula is C15H9F2NO4. The van der Waals surface area contributed by atoms with E-state index in [0.717, 1.165) is 24.3 Å². The Bertz CT molecular complexity index is 759. The number of halogens is 2. The van der Waals surface area contributed by atoms with E-state index in [9.17, 15) is 23.7 Å². The van der Waals surface area contributed by atoms with Crippen molar-refractivity contribution in [2.75, 3.05) is 0 Å². The van der Waals surface area contributed by atoms with Gasteiger partial charge in [0, 0.05) is 18.2 Å². The Hall–Kier alpha value is -3.09. The van der Waals surface area contributed by atoms with E-state index < -0.39 is 34.0 Å². The molecule has 0 atom stereocenters. The number of nitro groups is 1. The van der Waals surface area contributed by atoms with E-state index in [1.54, 1.807) is 6.07 Å². The zero-order valence-electron chi connectivity index (χ0n) is 11.0. The standard InChI is InChI=1S/C15H9F2NO4/c16-11-3-1-2-10(8-11)4-7-15(19)22-14-9-12(17)5-6-13(14)18(20)21/h1-9H/b7-4+. The van der Waals surface area contributed by atoms with Crippen LogP contribution in [0.4, 0.5) is 14.5 Å². The van der Waals surface area contributed by atoms with Crippen LogP contribution >= 0.6 is 0 Å². The lowest BCUT2D eigenvalue weighted by molar-refractivity contribution is -0.385. The van der Waals surface area contributed by atoms with Gasteiger partial charge in [-0.25, -0.2) is 13.6 Å². The van der Waals surface area contributed by atoms with Crippen molar-refractivity contribution in [3.8, 4) is 5.75 Å². The maximum atomic E-state index is 13.1. The molecule has 0 spiro atoms. The summed E-state index contributed by atoms with van der Waals surface area (Å²) in [6, 6.07) is 7.97. The predicted molar refractivity (Wildman–Crippen MR) is 74.1 cm³/mol. The van der Waals surface area contributed by atoms with Crippen LogP contribution in [0.5, 0.6) is 5.75 Å². The molecule has 0 aliphatic heterocycles. The summed E-state index contributed by atoms with van der Waals surface area (Å²) in [5, 5.41) is 10.8. The van der Waals surface area contributed by atoms with Crippen LogP contribution in [0, 0.1) is 21.7 Å². The summed E-state index contributed by atoms with van der Waals surface area (Å²) < 4.78 is 30.8.